The monoisotopic (exact) mass is 368 g/mol. The van der Waals surface area contributed by atoms with Gasteiger partial charge in [-0.05, 0) is 32.8 Å². The van der Waals surface area contributed by atoms with Crippen molar-refractivity contribution in [2.24, 2.45) is 4.99 Å². The summed E-state index contributed by atoms with van der Waals surface area (Å²) in [7, 11) is -3.45. The van der Waals surface area contributed by atoms with Gasteiger partial charge < -0.3 is 5.11 Å². The molecule has 1 aliphatic heterocycles. The van der Waals surface area contributed by atoms with E-state index in [1.54, 1.807) is 51.1 Å². The molecule has 1 atom stereocenters. The maximum atomic E-state index is 12.9. The molecule has 25 heavy (non-hydrogen) atoms. The summed E-state index contributed by atoms with van der Waals surface area (Å²) in [6, 6.07) is 8.78. The Kier molecular flexibility index (Phi) is 5.55. The fourth-order valence-corrected chi connectivity index (χ4v) is 5.20. The third-order valence-corrected chi connectivity index (χ3v) is 6.16. The SMILES string of the molecule is CC(C)(C)N1C(=O)C(=NCCCC(=O)O)C(c2ccccc2)S1(O)O. The number of carbonyl (C=O) groups is 2. The van der Waals surface area contributed by atoms with Crippen LogP contribution in [0.3, 0.4) is 0 Å². The molecule has 7 nitrogen and oxygen atoms in total. The highest BCUT2D eigenvalue weighted by atomic mass is 32.3. The zero-order valence-corrected chi connectivity index (χ0v) is 15.4. The number of aliphatic imine (C=N–C) groups is 1. The van der Waals surface area contributed by atoms with Gasteiger partial charge in [-0.3, -0.25) is 23.7 Å². The molecule has 2 rings (SSSR count). The molecule has 138 valence electrons. The maximum absolute atomic E-state index is 12.9. The molecule has 1 aliphatic rings. The Hall–Kier alpha value is -1.90. The van der Waals surface area contributed by atoms with E-state index >= 15 is 0 Å². The number of hydrogen-bond acceptors (Lipinski definition) is 5. The highest BCUT2D eigenvalue weighted by molar-refractivity contribution is 8.24. The second-order valence-electron chi connectivity index (χ2n) is 6.89. The van der Waals surface area contributed by atoms with Gasteiger partial charge in [-0.1, -0.05) is 30.3 Å². The van der Waals surface area contributed by atoms with Crippen LogP contribution in [0.25, 0.3) is 0 Å². The summed E-state index contributed by atoms with van der Waals surface area (Å²) < 4.78 is 22.8. The Morgan fingerprint density at radius 1 is 1.24 bits per heavy atom. The third kappa shape index (κ3) is 4.02. The lowest BCUT2D eigenvalue weighted by molar-refractivity contribution is -0.137. The summed E-state index contributed by atoms with van der Waals surface area (Å²) in [4.78, 5) is 27.7. The minimum Gasteiger partial charge on any atom is -0.481 e. The van der Waals surface area contributed by atoms with Gasteiger partial charge in [0.05, 0.1) is 5.54 Å². The molecule has 1 unspecified atom stereocenters. The van der Waals surface area contributed by atoms with Crippen molar-refractivity contribution in [2.75, 3.05) is 6.54 Å². The molecular formula is C17H24N2O5S. The summed E-state index contributed by atoms with van der Waals surface area (Å²) in [5.74, 6) is -1.45. The molecule has 1 saturated heterocycles. The third-order valence-electron chi connectivity index (χ3n) is 3.78. The van der Waals surface area contributed by atoms with Crippen molar-refractivity contribution in [3.63, 3.8) is 0 Å². The average molecular weight is 368 g/mol. The van der Waals surface area contributed by atoms with Crippen LogP contribution >= 0.6 is 10.8 Å². The molecule has 0 aliphatic carbocycles. The summed E-state index contributed by atoms with van der Waals surface area (Å²) >= 11 is 0. The Morgan fingerprint density at radius 3 is 2.36 bits per heavy atom. The van der Waals surface area contributed by atoms with E-state index in [0.29, 0.717) is 5.56 Å². The maximum Gasteiger partial charge on any atom is 0.303 e. The van der Waals surface area contributed by atoms with Crippen LogP contribution in [-0.2, 0) is 9.59 Å². The zero-order valence-electron chi connectivity index (χ0n) is 14.5. The van der Waals surface area contributed by atoms with E-state index in [1.165, 1.54) is 0 Å². The normalized spacial score (nSPS) is 23.1. The first-order valence-corrected chi connectivity index (χ1v) is 9.56. The molecule has 1 aromatic carbocycles. The number of carboxylic acid groups (broad SMARTS) is 1. The van der Waals surface area contributed by atoms with Crippen LogP contribution in [0.2, 0.25) is 0 Å². The van der Waals surface area contributed by atoms with Crippen LogP contribution in [0.4, 0.5) is 0 Å². The molecule has 0 spiro atoms. The first kappa shape index (κ1) is 19.4. The molecule has 3 N–H and O–H groups in total. The molecule has 0 aromatic heterocycles. The quantitative estimate of drug-likeness (QED) is 0.690. The molecule has 1 aromatic rings. The first-order chi connectivity index (χ1) is 11.6. The minimum atomic E-state index is -3.45. The number of aliphatic carboxylic acids is 1. The summed E-state index contributed by atoms with van der Waals surface area (Å²) in [5.41, 5.74) is -0.118. The Bertz CT molecular complexity index is 682. The van der Waals surface area contributed by atoms with E-state index in [9.17, 15) is 18.7 Å². The number of carbonyl (C=O) groups excluding carboxylic acids is 1. The van der Waals surface area contributed by atoms with E-state index in [2.05, 4.69) is 4.99 Å². The number of rotatable bonds is 5. The molecule has 0 radical (unpaired) electrons. The fourth-order valence-electron chi connectivity index (χ4n) is 2.85. The fraction of sp³-hybridized carbons (Fsp3) is 0.471. The van der Waals surface area contributed by atoms with Crippen LogP contribution in [0.5, 0.6) is 0 Å². The molecule has 1 fully saturated rings. The van der Waals surface area contributed by atoms with Crippen molar-refractivity contribution in [2.45, 2.75) is 44.4 Å². The van der Waals surface area contributed by atoms with Crippen LogP contribution in [0.15, 0.2) is 35.3 Å². The molecule has 1 amide bonds. The average Bonchev–Trinajstić information content (AvgIpc) is 2.69. The number of carboxylic acids is 1. The van der Waals surface area contributed by atoms with Crippen molar-refractivity contribution >= 4 is 28.4 Å². The van der Waals surface area contributed by atoms with Crippen LogP contribution < -0.4 is 0 Å². The highest BCUT2D eigenvalue weighted by Gasteiger charge is 2.54. The van der Waals surface area contributed by atoms with Gasteiger partial charge in [0.2, 0.25) is 0 Å². The van der Waals surface area contributed by atoms with Crippen LogP contribution in [0, 0.1) is 0 Å². The van der Waals surface area contributed by atoms with Crippen molar-refractivity contribution in [3.05, 3.63) is 35.9 Å². The van der Waals surface area contributed by atoms with Crippen molar-refractivity contribution < 1.29 is 23.8 Å². The minimum absolute atomic E-state index is 0.0553. The van der Waals surface area contributed by atoms with Crippen LogP contribution in [0.1, 0.15) is 44.4 Å². The van der Waals surface area contributed by atoms with Gasteiger partial charge in [-0.15, -0.1) is 10.8 Å². The second kappa shape index (κ2) is 7.15. The smallest absolute Gasteiger partial charge is 0.303 e. The molecule has 0 bridgehead atoms. The van der Waals surface area contributed by atoms with Gasteiger partial charge >= 0.3 is 5.97 Å². The van der Waals surface area contributed by atoms with E-state index in [4.69, 9.17) is 5.11 Å². The van der Waals surface area contributed by atoms with E-state index < -0.39 is 33.4 Å². The van der Waals surface area contributed by atoms with Crippen LogP contribution in [-0.4, -0.2) is 48.2 Å². The van der Waals surface area contributed by atoms with Gasteiger partial charge in [-0.25, -0.2) is 4.31 Å². The van der Waals surface area contributed by atoms with Gasteiger partial charge in [0.1, 0.15) is 11.0 Å². The number of benzene rings is 1. The van der Waals surface area contributed by atoms with E-state index in [0.717, 1.165) is 4.31 Å². The van der Waals surface area contributed by atoms with E-state index in [-0.39, 0.29) is 25.1 Å². The molecule has 0 saturated carbocycles. The highest BCUT2D eigenvalue weighted by Crippen LogP contribution is 2.64. The predicted molar refractivity (Wildman–Crippen MR) is 97.8 cm³/mol. The molecule has 8 heteroatoms. The summed E-state index contributed by atoms with van der Waals surface area (Å²) in [5, 5.41) is 7.78. The number of hydrogen-bond donors (Lipinski definition) is 3. The zero-order chi connectivity index (χ0) is 18.8. The van der Waals surface area contributed by atoms with Crippen molar-refractivity contribution in [3.8, 4) is 0 Å². The summed E-state index contributed by atoms with van der Waals surface area (Å²) in [6.07, 6.45) is 0.225. The largest absolute Gasteiger partial charge is 0.481 e. The van der Waals surface area contributed by atoms with Crippen molar-refractivity contribution in [1.82, 2.24) is 4.31 Å². The Labute approximate surface area is 148 Å². The lowest BCUT2D eigenvalue weighted by Gasteiger charge is -2.46. The lowest BCUT2D eigenvalue weighted by atomic mass is 10.0. The van der Waals surface area contributed by atoms with E-state index in [1.807, 2.05) is 0 Å². The van der Waals surface area contributed by atoms with Gasteiger partial charge in [0.15, 0.2) is 0 Å². The number of nitrogens with zero attached hydrogens (tertiary/aromatic N) is 2. The topological polar surface area (TPSA) is 110 Å². The second-order valence-corrected chi connectivity index (χ2v) is 8.85. The lowest BCUT2D eigenvalue weighted by Crippen LogP contribution is -2.43. The number of amides is 1. The summed E-state index contributed by atoms with van der Waals surface area (Å²) in [6.45, 7) is 5.34. The Morgan fingerprint density at radius 2 is 1.84 bits per heavy atom. The van der Waals surface area contributed by atoms with Crippen molar-refractivity contribution in [1.29, 1.82) is 0 Å². The molecular weight excluding hydrogens is 344 g/mol. The molecule has 1 heterocycles. The predicted octanol–water partition coefficient (Wildman–Crippen LogP) is 3.34. The Balaban J connectivity index is 2.44. The van der Waals surface area contributed by atoms with Gasteiger partial charge in [0.25, 0.3) is 5.91 Å². The standard InChI is InChI=1S/C17H24N2O5S/c1-17(2,3)19-16(22)14(18-11-7-10-13(20)21)15(25(19,23)24)12-8-5-4-6-9-12/h4-6,8-9,15,23-24H,7,10-11H2,1-3H3,(H,20,21). The van der Waals surface area contributed by atoms with Gasteiger partial charge in [-0.2, -0.15) is 0 Å². The van der Waals surface area contributed by atoms with Gasteiger partial charge in [0, 0.05) is 13.0 Å². The first-order valence-electron chi connectivity index (χ1n) is 7.99.